The van der Waals surface area contributed by atoms with Crippen LogP contribution < -0.4 is 5.73 Å². The minimum Gasteiger partial charge on any atom is -0.330 e. The quantitative estimate of drug-likeness (QED) is 0.886. The fourth-order valence-electron chi connectivity index (χ4n) is 2.87. The average Bonchev–Trinajstić information content (AvgIpc) is 2.85. The maximum atomic E-state index is 5.72. The average molecular weight is 252 g/mol. The van der Waals surface area contributed by atoms with E-state index in [9.17, 15) is 0 Å². The summed E-state index contributed by atoms with van der Waals surface area (Å²) in [7, 11) is 0. The number of aryl methyl sites for hydroxylation is 1. The zero-order chi connectivity index (χ0) is 12.5. The zero-order valence-corrected chi connectivity index (χ0v) is 12.1. The van der Waals surface area contributed by atoms with E-state index in [0.717, 1.165) is 18.9 Å². The molecule has 1 aliphatic carbocycles. The first-order chi connectivity index (χ1) is 8.04. The Morgan fingerprint density at radius 3 is 2.59 bits per heavy atom. The predicted octanol–water partition coefficient (Wildman–Crippen LogP) is 3.74. The third-order valence-electron chi connectivity index (χ3n) is 3.90. The topological polar surface area (TPSA) is 38.9 Å². The predicted molar refractivity (Wildman–Crippen MR) is 74.8 cm³/mol. The monoisotopic (exact) mass is 252 g/mol. The van der Waals surface area contributed by atoms with Crippen LogP contribution in [-0.2, 0) is 5.41 Å². The Bertz CT molecular complexity index is 376. The van der Waals surface area contributed by atoms with Gasteiger partial charge in [-0.1, -0.05) is 26.7 Å². The Morgan fingerprint density at radius 2 is 2.00 bits per heavy atom. The van der Waals surface area contributed by atoms with Gasteiger partial charge in [0.25, 0.3) is 0 Å². The molecule has 17 heavy (non-hydrogen) atoms. The van der Waals surface area contributed by atoms with E-state index in [1.165, 1.54) is 41.3 Å². The van der Waals surface area contributed by atoms with Gasteiger partial charge in [0.2, 0.25) is 0 Å². The molecule has 2 nitrogen and oxygen atoms in total. The summed E-state index contributed by atoms with van der Waals surface area (Å²) in [6.45, 7) is 7.49. The molecule has 0 unspecified atom stereocenters. The van der Waals surface area contributed by atoms with Crippen molar-refractivity contribution in [3.05, 3.63) is 15.6 Å². The van der Waals surface area contributed by atoms with E-state index in [1.807, 2.05) is 11.3 Å². The lowest BCUT2D eigenvalue weighted by molar-refractivity contribution is 0.494. The van der Waals surface area contributed by atoms with Crippen molar-refractivity contribution >= 4 is 11.3 Å². The second-order valence-electron chi connectivity index (χ2n) is 5.87. The lowest BCUT2D eigenvalue weighted by Crippen LogP contribution is -2.21. The molecule has 0 amide bonds. The van der Waals surface area contributed by atoms with Crippen molar-refractivity contribution in [1.82, 2.24) is 4.98 Å². The molecule has 0 atom stereocenters. The third-order valence-corrected chi connectivity index (χ3v) is 5.59. The molecule has 1 fully saturated rings. The molecule has 0 aliphatic heterocycles. The van der Waals surface area contributed by atoms with E-state index in [4.69, 9.17) is 10.7 Å². The number of aromatic nitrogens is 1. The molecule has 1 aliphatic rings. The molecule has 0 radical (unpaired) electrons. The van der Waals surface area contributed by atoms with E-state index < -0.39 is 0 Å². The van der Waals surface area contributed by atoms with Gasteiger partial charge in [0.1, 0.15) is 0 Å². The van der Waals surface area contributed by atoms with Crippen LogP contribution in [0.5, 0.6) is 0 Å². The van der Waals surface area contributed by atoms with Crippen LogP contribution in [-0.4, -0.2) is 11.5 Å². The summed E-state index contributed by atoms with van der Waals surface area (Å²) in [6, 6.07) is 0. The highest BCUT2D eigenvalue weighted by molar-refractivity contribution is 7.12. The maximum absolute atomic E-state index is 5.72. The van der Waals surface area contributed by atoms with Gasteiger partial charge in [-0.05, 0) is 32.7 Å². The van der Waals surface area contributed by atoms with E-state index in [1.54, 1.807) is 0 Å². The number of thiazole rings is 1. The van der Waals surface area contributed by atoms with Crippen LogP contribution in [0, 0.1) is 6.92 Å². The number of rotatable bonds is 4. The Balaban J connectivity index is 2.23. The summed E-state index contributed by atoms with van der Waals surface area (Å²) < 4.78 is 0. The SMILES string of the molecule is Cc1nc(C2CCCC2)sc1C(C)(C)CCN. The van der Waals surface area contributed by atoms with E-state index >= 15 is 0 Å². The molecule has 0 saturated heterocycles. The van der Waals surface area contributed by atoms with Gasteiger partial charge in [-0.15, -0.1) is 11.3 Å². The van der Waals surface area contributed by atoms with Gasteiger partial charge < -0.3 is 5.73 Å². The Morgan fingerprint density at radius 1 is 1.35 bits per heavy atom. The fourth-order valence-corrected chi connectivity index (χ4v) is 4.23. The Kier molecular flexibility index (Phi) is 3.88. The second-order valence-corrected chi connectivity index (χ2v) is 6.90. The van der Waals surface area contributed by atoms with Crippen LogP contribution in [0.4, 0.5) is 0 Å². The molecular formula is C14H24N2S. The minimum atomic E-state index is 0.188. The third kappa shape index (κ3) is 2.71. The molecule has 2 rings (SSSR count). The standard InChI is InChI=1S/C14H24N2S/c1-10-12(14(2,3)8-9-15)17-13(16-10)11-6-4-5-7-11/h11H,4-9,15H2,1-3H3. The molecule has 96 valence electrons. The molecule has 1 aromatic heterocycles. The van der Waals surface area contributed by atoms with Crippen LogP contribution in [0.3, 0.4) is 0 Å². The van der Waals surface area contributed by atoms with Crippen molar-refractivity contribution in [2.45, 2.75) is 64.2 Å². The second kappa shape index (κ2) is 5.07. The van der Waals surface area contributed by atoms with Crippen LogP contribution in [0.25, 0.3) is 0 Å². The van der Waals surface area contributed by atoms with E-state index in [0.29, 0.717) is 0 Å². The molecule has 1 heterocycles. The van der Waals surface area contributed by atoms with Gasteiger partial charge in [-0.2, -0.15) is 0 Å². The van der Waals surface area contributed by atoms with Crippen LogP contribution in [0.2, 0.25) is 0 Å². The van der Waals surface area contributed by atoms with Crippen LogP contribution >= 0.6 is 11.3 Å². The summed E-state index contributed by atoms with van der Waals surface area (Å²) in [5.41, 5.74) is 7.13. The first-order valence-electron chi connectivity index (χ1n) is 6.72. The molecule has 1 aromatic rings. The number of nitrogens with two attached hydrogens (primary N) is 1. The van der Waals surface area contributed by atoms with Gasteiger partial charge in [0, 0.05) is 16.2 Å². The summed E-state index contributed by atoms with van der Waals surface area (Å²) in [5, 5.41) is 1.38. The fraction of sp³-hybridized carbons (Fsp3) is 0.786. The van der Waals surface area contributed by atoms with Gasteiger partial charge in [-0.3, -0.25) is 0 Å². The summed E-state index contributed by atoms with van der Waals surface area (Å²) >= 11 is 1.94. The lowest BCUT2D eigenvalue weighted by atomic mass is 9.87. The van der Waals surface area contributed by atoms with Gasteiger partial charge in [-0.25, -0.2) is 4.98 Å². The highest BCUT2D eigenvalue weighted by Crippen LogP contribution is 2.41. The van der Waals surface area contributed by atoms with Crippen molar-refractivity contribution in [1.29, 1.82) is 0 Å². The summed E-state index contributed by atoms with van der Waals surface area (Å²) in [4.78, 5) is 6.27. The van der Waals surface area contributed by atoms with Crippen LogP contribution in [0.15, 0.2) is 0 Å². The maximum Gasteiger partial charge on any atom is 0.0962 e. The highest BCUT2D eigenvalue weighted by atomic mass is 32.1. The van der Waals surface area contributed by atoms with Gasteiger partial charge in [0.05, 0.1) is 10.7 Å². The molecule has 3 heteroatoms. The molecule has 2 N–H and O–H groups in total. The van der Waals surface area contributed by atoms with Crippen LogP contribution in [0.1, 0.15) is 67.4 Å². The number of hydrogen-bond donors (Lipinski definition) is 1. The Labute approximate surface area is 109 Å². The first-order valence-corrected chi connectivity index (χ1v) is 7.54. The normalized spacial score (nSPS) is 17.9. The molecule has 0 aromatic carbocycles. The van der Waals surface area contributed by atoms with Crippen molar-refractivity contribution in [3.8, 4) is 0 Å². The molecule has 0 bridgehead atoms. The highest BCUT2D eigenvalue weighted by Gasteiger charge is 2.28. The summed E-state index contributed by atoms with van der Waals surface area (Å²) in [6.07, 6.45) is 6.48. The molecular weight excluding hydrogens is 228 g/mol. The molecule has 0 spiro atoms. The zero-order valence-electron chi connectivity index (χ0n) is 11.3. The largest absolute Gasteiger partial charge is 0.330 e. The minimum absolute atomic E-state index is 0.188. The van der Waals surface area contributed by atoms with E-state index in [2.05, 4.69) is 20.8 Å². The number of nitrogens with zero attached hydrogens (tertiary/aromatic N) is 1. The molecule has 1 saturated carbocycles. The van der Waals surface area contributed by atoms with Crippen molar-refractivity contribution < 1.29 is 0 Å². The number of hydrogen-bond acceptors (Lipinski definition) is 3. The van der Waals surface area contributed by atoms with Crippen molar-refractivity contribution in [2.75, 3.05) is 6.54 Å². The van der Waals surface area contributed by atoms with Crippen molar-refractivity contribution in [2.24, 2.45) is 5.73 Å². The van der Waals surface area contributed by atoms with Gasteiger partial charge >= 0.3 is 0 Å². The first kappa shape index (κ1) is 13.0. The smallest absolute Gasteiger partial charge is 0.0962 e. The Hall–Kier alpha value is -0.410. The lowest BCUT2D eigenvalue weighted by Gasteiger charge is -2.22. The van der Waals surface area contributed by atoms with Crippen molar-refractivity contribution in [3.63, 3.8) is 0 Å². The van der Waals surface area contributed by atoms with Gasteiger partial charge in [0.15, 0.2) is 0 Å². The summed E-state index contributed by atoms with van der Waals surface area (Å²) in [5.74, 6) is 0.737. The van der Waals surface area contributed by atoms with E-state index in [-0.39, 0.29) is 5.41 Å².